The van der Waals surface area contributed by atoms with E-state index in [0.29, 0.717) is 25.9 Å². The van der Waals surface area contributed by atoms with E-state index in [-0.39, 0.29) is 18.5 Å². The molecule has 0 aliphatic carbocycles. The van der Waals surface area contributed by atoms with Gasteiger partial charge in [0.15, 0.2) is 0 Å². The normalized spacial score (nSPS) is 12.6. The predicted octanol–water partition coefficient (Wildman–Crippen LogP) is 22.5. The van der Waals surface area contributed by atoms with E-state index in [1.807, 2.05) is 0 Å². The average Bonchev–Trinajstić information content (AvgIpc) is 3.43. The number of carbonyl (C=O) groups is 2. The lowest BCUT2D eigenvalue weighted by molar-refractivity contribution is -0.143. The Morgan fingerprint density at radius 1 is 0.351 bits per heavy atom. The first-order valence-electron chi connectivity index (χ1n) is 35.1. The topological polar surface area (TPSA) is 95.9 Å². The highest BCUT2D eigenvalue weighted by Crippen LogP contribution is 2.19. The Morgan fingerprint density at radius 2 is 0.610 bits per heavy atom. The van der Waals surface area contributed by atoms with Crippen molar-refractivity contribution in [3.05, 3.63) is 24.3 Å². The van der Waals surface area contributed by atoms with Gasteiger partial charge in [-0.3, -0.25) is 9.59 Å². The fourth-order valence-corrected chi connectivity index (χ4v) is 11.1. The van der Waals surface area contributed by atoms with Gasteiger partial charge in [-0.15, -0.1) is 0 Å². The zero-order chi connectivity index (χ0) is 55.7. The monoisotopic (exact) mass is 1080 g/mol. The van der Waals surface area contributed by atoms with Crippen LogP contribution in [0.5, 0.6) is 0 Å². The van der Waals surface area contributed by atoms with Crippen molar-refractivity contribution in [2.75, 3.05) is 13.2 Å². The predicted molar refractivity (Wildman–Crippen MR) is 338 cm³/mol. The maximum Gasteiger partial charge on any atom is 0.305 e. The summed E-state index contributed by atoms with van der Waals surface area (Å²) in [5.41, 5.74) is 0. The van der Waals surface area contributed by atoms with Gasteiger partial charge >= 0.3 is 5.97 Å². The van der Waals surface area contributed by atoms with Crippen LogP contribution in [0.4, 0.5) is 0 Å². The SMILES string of the molecule is CCCCCCCCC/C=C\CCCCCCCCCC(=O)OCCCCCCCCCCCCCC/C=C\CCCCCCCCCCC(=O)NC(CO)C(O)CCCCCCCCCCCCCCCCCCCC. The summed E-state index contributed by atoms with van der Waals surface area (Å²) in [6, 6.07) is -0.545. The molecular formula is C71H137NO5. The fourth-order valence-electron chi connectivity index (χ4n) is 11.1. The molecule has 0 aromatic rings. The number of carbonyl (C=O) groups excluding carboxylic acids is 2. The van der Waals surface area contributed by atoms with Crippen molar-refractivity contribution in [2.45, 2.75) is 405 Å². The Morgan fingerprint density at radius 3 is 0.922 bits per heavy atom. The minimum Gasteiger partial charge on any atom is -0.466 e. The number of unbranched alkanes of at least 4 members (excludes halogenated alkanes) is 51. The molecule has 0 radical (unpaired) electrons. The molecule has 77 heavy (non-hydrogen) atoms. The van der Waals surface area contributed by atoms with Gasteiger partial charge in [-0.05, 0) is 77.0 Å². The van der Waals surface area contributed by atoms with Gasteiger partial charge in [0.1, 0.15) is 0 Å². The van der Waals surface area contributed by atoms with E-state index in [1.54, 1.807) is 0 Å². The molecule has 0 aromatic carbocycles. The molecule has 6 heteroatoms. The molecule has 1 amide bonds. The molecule has 6 nitrogen and oxygen atoms in total. The van der Waals surface area contributed by atoms with Crippen molar-refractivity contribution < 1.29 is 24.5 Å². The number of esters is 1. The highest BCUT2D eigenvalue weighted by atomic mass is 16.5. The fraction of sp³-hybridized carbons (Fsp3) is 0.915. The Hall–Kier alpha value is -1.66. The van der Waals surface area contributed by atoms with Gasteiger partial charge in [0, 0.05) is 12.8 Å². The molecule has 0 aliphatic rings. The number of hydrogen-bond donors (Lipinski definition) is 3. The van der Waals surface area contributed by atoms with Gasteiger partial charge in [-0.2, -0.15) is 0 Å². The van der Waals surface area contributed by atoms with Gasteiger partial charge < -0.3 is 20.3 Å². The van der Waals surface area contributed by atoms with E-state index in [0.717, 1.165) is 44.9 Å². The Balaban J connectivity index is 3.39. The van der Waals surface area contributed by atoms with Crippen LogP contribution >= 0.6 is 0 Å². The summed E-state index contributed by atoms with van der Waals surface area (Å²) >= 11 is 0. The second-order valence-electron chi connectivity index (χ2n) is 24.2. The zero-order valence-electron chi connectivity index (χ0n) is 52.2. The van der Waals surface area contributed by atoms with Gasteiger partial charge in [0.25, 0.3) is 0 Å². The second kappa shape index (κ2) is 66.8. The summed E-state index contributed by atoms with van der Waals surface area (Å²) in [7, 11) is 0. The Kier molecular flexibility index (Phi) is 65.4. The van der Waals surface area contributed by atoms with Crippen molar-refractivity contribution in [1.29, 1.82) is 0 Å². The molecule has 2 atom stereocenters. The molecule has 0 heterocycles. The van der Waals surface area contributed by atoms with Crippen LogP contribution in [-0.2, 0) is 14.3 Å². The molecule has 0 rings (SSSR count). The van der Waals surface area contributed by atoms with Crippen LogP contribution in [0.15, 0.2) is 24.3 Å². The van der Waals surface area contributed by atoms with Crippen LogP contribution in [0.2, 0.25) is 0 Å². The second-order valence-corrected chi connectivity index (χ2v) is 24.2. The number of aliphatic hydroxyl groups excluding tert-OH is 2. The minimum absolute atomic E-state index is 0.0105. The van der Waals surface area contributed by atoms with Gasteiger partial charge in [0.2, 0.25) is 5.91 Å². The first-order chi connectivity index (χ1) is 38.0. The largest absolute Gasteiger partial charge is 0.466 e. The summed E-state index contributed by atoms with van der Waals surface area (Å²) < 4.78 is 5.50. The van der Waals surface area contributed by atoms with Crippen molar-refractivity contribution >= 4 is 11.9 Å². The molecule has 0 bridgehead atoms. The third-order valence-electron chi connectivity index (χ3n) is 16.5. The molecular weight excluding hydrogens is 947 g/mol. The van der Waals surface area contributed by atoms with Crippen molar-refractivity contribution in [1.82, 2.24) is 5.32 Å². The number of allylic oxidation sites excluding steroid dienone is 4. The summed E-state index contributed by atoms with van der Waals surface area (Å²) in [4.78, 5) is 24.6. The average molecular weight is 1080 g/mol. The quantitative estimate of drug-likeness (QED) is 0.0320. The summed E-state index contributed by atoms with van der Waals surface area (Å²) in [5.74, 6) is -0.0255. The van der Waals surface area contributed by atoms with Crippen LogP contribution in [0, 0.1) is 0 Å². The first-order valence-corrected chi connectivity index (χ1v) is 35.1. The van der Waals surface area contributed by atoms with Crippen LogP contribution in [0.25, 0.3) is 0 Å². The molecule has 0 aliphatic heterocycles. The number of aliphatic hydroxyl groups is 2. The Labute approximate surface area is 481 Å². The number of nitrogens with one attached hydrogen (secondary N) is 1. The molecule has 2 unspecified atom stereocenters. The maximum absolute atomic E-state index is 12.5. The highest BCUT2D eigenvalue weighted by molar-refractivity contribution is 5.76. The third-order valence-corrected chi connectivity index (χ3v) is 16.5. The number of amides is 1. The van der Waals surface area contributed by atoms with Gasteiger partial charge in [-0.25, -0.2) is 0 Å². The molecule has 456 valence electrons. The summed E-state index contributed by atoms with van der Waals surface area (Å²) in [5, 5.41) is 23.4. The summed E-state index contributed by atoms with van der Waals surface area (Å²) in [6.45, 7) is 4.98. The lowest BCUT2D eigenvalue weighted by atomic mass is 10.0. The smallest absolute Gasteiger partial charge is 0.305 e. The number of hydrogen-bond acceptors (Lipinski definition) is 5. The van der Waals surface area contributed by atoms with Crippen LogP contribution < -0.4 is 5.32 Å². The van der Waals surface area contributed by atoms with E-state index in [2.05, 4.69) is 43.5 Å². The van der Waals surface area contributed by atoms with Crippen LogP contribution in [0.1, 0.15) is 393 Å². The third kappa shape index (κ3) is 63.4. The number of ether oxygens (including phenoxy) is 1. The van der Waals surface area contributed by atoms with Crippen molar-refractivity contribution in [2.24, 2.45) is 0 Å². The van der Waals surface area contributed by atoms with E-state index in [9.17, 15) is 19.8 Å². The standard InChI is InChI=1S/C71H137NO5/c1-3-5-7-9-11-13-15-17-19-21-31-35-39-43-47-51-55-59-63-69(74)68(67-73)72-70(75)64-60-56-52-48-44-40-36-32-29-27-25-23-24-26-28-30-34-38-42-46-50-54-58-62-66-77-71(76)65-61-57-53-49-45-41-37-33-22-20-18-16-14-12-10-8-6-4-2/h20,22,25,27,68-69,73-74H,3-19,21,23-24,26,28-67H2,1-2H3,(H,72,75)/b22-20-,27-25-. The Bertz CT molecular complexity index is 1200. The van der Waals surface area contributed by atoms with Crippen molar-refractivity contribution in [3.63, 3.8) is 0 Å². The van der Waals surface area contributed by atoms with Crippen LogP contribution in [0.3, 0.4) is 0 Å². The molecule has 0 saturated heterocycles. The van der Waals surface area contributed by atoms with E-state index in [1.165, 1.54) is 315 Å². The molecule has 0 saturated carbocycles. The molecule has 0 aromatic heterocycles. The summed E-state index contributed by atoms with van der Waals surface area (Å²) in [6.07, 6.45) is 83.6. The van der Waals surface area contributed by atoms with Crippen molar-refractivity contribution in [3.8, 4) is 0 Å². The first kappa shape index (κ1) is 75.3. The van der Waals surface area contributed by atoms with E-state index >= 15 is 0 Å². The maximum atomic E-state index is 12.5. The highest BCUT2D eigenvalue weighted by Gasteiger charge is 2.20. The van der Waals surface area contributed by atoms with Crippen LogP contribution in [-0.4, -0.2) is 47.4 Å². The van der Waals surface area contributed by atoms with E-state index in [4.69, 9.17) is 4.74 Å². The molecule has 0 spiro atoms. The number of rotatable bonds is 66. The zero-order valence-corrected chi connectivity index (χ0v) is 52.2. The van der Waals surface area contributed by atoms with E-state index < -0.39 is 12.1 Å². The molecule has 3 N–H and O–H groups in total. The van der Waals surface area contributed by atoms with Gasteiger partial charge in [0.05, 0.1) is 25.4 Å². The lowest BCUT2D eigenvalue weighted by Crippen LogP contribution is -2.45. The van der Waals surface area contributed by atoms with Gasteiger partial charge in [-0.1, -0.05) is 327 Å². The molecule has 0 fully saturated rings. The lowest BCUT2D eigenvalue weighted by Gasteiger charge is -2.22. The minimum atomic E-state index is -0.668.